The summed E-state index contributed by atoms with van der Waals surface area (Å²) in [5, 5.41) is 3.90. The Morgan fingerprint density at radius 1 is 1.10 bits per heavy atom. The molecule has 0 radical (unpaired) electrons. The molecule has 1 aromatic heterocycles. The number of hydrogen-bond donors (Lipinski definition) is 1. The van der Waals surface area contributed by atoms with E-state index in [1.54, 1.807) is 18.2 Å². The van der Waals surface area contributed by atoms with E-state index in [1.165, 1.54) is 13.3 Å². The molecule has 3 aromatic rings. The second kappa shape index (κ2) is 10.1. The number of hydrazone groups is 1. The molecule has 0 atom stereocenters. The third kappa shape index (κ3) is 5.94. The van der Waals surface area contributed by atoms with E-state index in [4.69, 9.17) is 13.9 Å². The summed E-state index contributed by atoms with van der Waals surface area (Å²) in [5.41, 5.74) is 3.34. The Morgan fingerprint density at radius 3 is 2.59 bits per heavy atom. The molecule has 1 heterocycles. The van der Waals surface area contributed by atoms with E-state index in [9.17, 15) is 4.79 Å². The van der Waals surface area contributed by atoms with Crippen LogP contribution in [0, 0.1) is 0 Å². The molecule has 9 heteroatoms. The Hall–Kier alpha value is -2.10. The van der Waals surface area contributed by atoms with Crippen LogP contribution >= 0.6 is 47.8 Å². The molecule has 0 unspecified atom stereocenters. The fraction of sp³-hybridized carbons (Fsp3) is 0.100. The molecule has 1 N–H and O–H groups in total. The summed E-state index contributed by atoms with van der Waals surface area (Å²) < 4.78 is 19.0. The predicted molar refractivity (Wildman–Crippen MR) is 121 cm³/mol. The van der Waals surface area contributed by atoms with Crippen molar-refractivity contribution in [2.75, 3.05) is 13.7 Å². The van der Waals surface area contributed by atoms with Crippen molar-refractivity contribution in [3.8, 4) is 22.8 Å². The van der Waals surface area contributed by atoms with Gasteiger partial charge in [0, 0.05) is 14.5 Å². The van der Waals surface area contributed by atoms with Gasteiger partial charge in [-0.15, -0.1) is 0 Å². The van der Waals surface area contributed by atoms with Gasteiger partial charge in [0.1, 0.15) is 11.5 Å². The Bertz CT molecular complexity index is 1030. The van der Waals surface area contributed by atoms with Crippen LogP contribution in [0.1, 0.15) is 5.76 Å². The summed E-state index contributed by atoms with van der Waals surface area (Å²) in [4.78, 5) is 12.0. The highest BCUT2D eigenvalue weighted by molar-refractivity contribution is 9.11. The summed E-state index contributed by atoms with van der Waals surface area (Å²) in [6.07, 6.45) is 1.43. The molecule has 0 aliphatic rings. The number of hydrogen-bond acceptors (Lipinski definition) is 5. The number of furan rings is 1. The SMILES string of the molecule is COc1cc(Br)cc(Br)c1OCC(=O)N/N=C/c1ccc(-c2ccc(Br)cc2)o1. The smallest absolute Gasteiger partial charge is 0.277 e. The molecule has 6 nitrogen and oxygen atoms in total. The third-order valence-corrected chi connectivity index (χ3v) is 5.25. The summed E-state index contributed by atoms with van der Waals surface area (Å²) >= 11 is 10.2. The van der Waals surface area contributed by atoms with Crippen molar-refractivity contribution in [2.24, 2.45) is 5.10 Å². The molecule has 29 heavy (non-hydrogen) atoms. The molecule has 0 aliphatic carbocycles. The van der Waals surface area contributed by atoms with Crippen molar-refractivity contribution in [3.05, 3.63) is 67.7 Å². The second-order valence-corrected chi connectivity index (χ2v) is 8.40. The van der Waals surface area contributed by atoms with Crippen LogP contribution in [-0.4, -0.2) is 25.8 Å². The minimum absolute atomic E-state index is 0.226. The molecule has 1 amide bonds. The normalized spacial score (nSPS) is 10.9. The van der Waals surface area contributed by atoms with Gasteiger partial charge >= 0.3 is 0 Å². The summed E-state index contributed by atoms with van der Waals surface area (Å²) in [6.45, 7) is -0.226. The van der Waals surface area contributed by atoms with Crippen molar-refractivity contribution in [1.82, 2.24) is 5.43 Å². The molecular weight excluding hydrogens is 572 g/mol. The predicted octanol–water partition coefficient (Wildman–Crippen LogP) is 5.77. The van der Waals surface area contributed by atoms with E-state index in [1.807, 2.05) is 30.3 Å². The minimum Gasteiger partial charge on any atom is -0.493 e. The van der Waals surface area contributed by atoms with E-state index < -0.39 is 5.91 Å². The Morgan fingerprint density at radius 2 is 1.86 bits per heavy atom. The van der Waals surface area contributed by atoms with Gasteiger partial charge in [0.15, 0.2) is 18.1 Å². The van der Waals surface area contributed by atoms with E-state index in [2.05, 4.69) is 58.3 Å². The third-order valence-electron chi connectivity index (χ3n) is 3.68. The number of nitrogens with one attached hydrogen (secondary N) is 1. The van der Waals surface area contributed by atoms with Crippen LogP contribution < -0.4 is 14.9 Å². The van der Waals surface area contributed by atoms with Crippen molar-refractivity contribution in [1.29, 1.82) is 0 Å². The van der Waals surface area contributed by atoms with Crippen molar-refractivity contribution >= 4 is 59.9 Å². The Balaban J connectivity index is 1.55. The van der Waals surface area contributed by atoms with E-state index in [-0.39, 0.29) is 6.61 Å². The lowest BCUT2D eigenvalue weighted by Gasteiger charge is -2.12. The van der Waals surface area contributed by atoms with Crippen LogP contribution in [0.15, 0.2) is 71.5 Å². The highest BCUT2D eigenvalue weighted by atomic mass is 79.9. The highest BCUT2D eigenvalue weighted by Gasteiger charge is 2.12. The molecule has 0 fully saturated rings. The van der Waals surface area contributed by atoms with Gasteiger partial charge in [-0.2, -0.15) is 5.10 Å². The molecule has 0 saturated carbocycles. The molecule has 0 spiro atoms. The maximum atomic E-state index is 12.0. The zero-order chi connectivity index (χ0) is 20.8. The molecule has 2 aromatic carbocycles. The monoisotopic (exact) mass is 584 g/mol. The second-order valence-electron chi connectivity index (χ2n) is 5.71. The number of carbonyl (C=O) groups excluding carboxylic acids is 1. The maximum Gasteiger partial charge on any atom is 0.277 e. The number of benzene rings is 2. The fourth-order valence-corrected chi connectivity index (χ4v) is 3.92. The standard InChI is InChI=1S/C20H15Br3N2O4/c1-27-18-9-14(22)8-16(23)20(18)28-11-19(26)25-24-10-15-6-7-17(29-15)12-2-4-13(21)5-3-12/h2-10H,11H2,1H3,(H,25,26)/b24-10+. The minimum atomic E-state index is -0.419. The number of methoxy groups -OCH3 is 1. The number of rotatable bonds is 7. The first kappa shape index (κ1) is 21.6. The average Bonchev–Trinajstić information content (AvgIpc) is 3.16. The largest absolute Gasteiger partial charge is 0.493 e. The van der Waals surface area contributed by atoms with E-state index in [0.29, 0.717) is 27.5 Å². The van der Waals surface area contributed by atoms with Gasteiger partial charge in [0.05, 0.1) is 17.8 Å². The lowest BCUT2D eigenvalue weighted by Crippen LogP contribution is -2.24. The van der Waals surface area contributed by atoms with E-state index in [0.717, 1.165) is 14.5 Å². The van der Waals surface area contributed by atoms with Crippen molar-refractivity contribution in [2.45, 2.75) is 0 Å². The van der Waals surface area contributed by atoms with Crippen LogP contribution in [0.25, 0.3) is 11.3 Å². The van der Waals surface area contributed by atoms with Crippen molar-refractivity contribution in [3.63, 3.8) is 0 Å². The lowest BCUT2D eigenvalue weighted by molar-refractivity contribution is -0.123. The molecule has 0 bridgehead atoms. The topological polar surface area (TPSA) is 73.1 Å². The van der Waals surface area contributed by atoms with Crippen LogP contribution in [0.2, 0.25) is 0 Å². The van der Waals surface area contributed by atoms with E-state index >= 15 is 0 Å². The molecule has 3 rings (SSSR count). The van der Waals surface area contributed by atoms with Crippen LogP contribution in [0.4, 0.5) is 0 Å². The molecular formula is C20H15Br3N2O4. The zero-order valence-corrected chi connectivity index (χ0v) is 19.9. The van der Waals surface area contributed by atoms with Gasteiger partial charge < -0.3 is 13.9 Å². The Kier molecular flexibility index (Phi) is 7.51. The lowest BCUT2D eigenvalue weighted by atomic mass is 10.2. The first-order valence-electron chi connectivity index (χ1n) is 8.30. The Labute approximate surface area is 192 Å². The number of carbonyl (C=O) groups is 1. The fourth-order valence-electron chi connectivity index (χ4n) is 2.36. The van der Waals surface area contributed by atoms with Gasteiger partial charge in [-0.1, -0.05) is 44.0 Å². The maximum absolute atomic E-state index is 12.0. The van der Waals surface area contributed by atoms with Crippen molar-refractivity contribution < 1.29 is 18.7 Å². The molecule has 0 aliphatic heterocycles. The van der Waals surface area contributed by atoms with Crippen LogP contribution in [0.3, 0.4) is 0 Å². The van der Waals surface area contributed by atoms with Crippen LogP contribution in [-0.2, 0) is 4.79 Å². The first-order valence-corrected chi connectivity index (χ1v) is 10.7. The van der Waals surface area contributed by atoms with Gasteiger partial charge in [0.2, 0.25) is 0 Å². The first-order chi connectivity index (χ1) is 14.0. The number of ether oxygens (including phenoxy) is 2. The summed E-state index contributed by atoms with van der Waals surface area (Å²) in [6, 6.07) is 14.9. The van der Waals surface area contributed by atoms with Gasteiger partial charge in [0.25, 0.3) is 5.91 Å². The summed E-state index contributed by atoms with van der Waals surface area (Å²) in [7, 11) is 1.53. The molecule has 150 valence electrons. The van der Waals surface area contributed by atoms with Crippen LogP contribution in [0.5, 0.6) is 11.5 Å². The highest BCUT2D eigenvalue weighted by Crippen LogP contribution is 2.38. The van der Waals surface area contributed by atoms with Gasteiger partial charge in [-0.25, -0.2) is 5.43 Å². The number of amides is 1. The number of nitrogens with zero attached hydrogens (tertiary/aromatic N) is 1. The average molecular weight is 587 g/mol. The quantitative estimate of drug-likeness (QED) is 0.282. The zero-order valence-electron chi connectivity index (χ0n) is 15.1. The molecule has 0 saturated heterocycles. The van der Waals surface area contributed by atoms with Gasteiger partial charge in [-0.05, 0) is 52.3 Å². The summed E-state index contributed by atoms with van der Waals surface area (Å²) in [5.74, 6) is 1.73. The number of halogens is 3. The van der Waals surface area contributed by atoms with Gasteiger partial charge in [-0.3, -0.25) is 4.79 Å².